The zero-order valence-corrected chi connectivity index (χ0v) is 12.4. The van der Waals surface area contributed by atoms with Crippen LogP contribution in [0.1, 0.15) is 0 Å². The van der Waals surface area contributed by atoms with E-state index in [1.165, 1.54) is 12.1 Å². The number of halogens is 3. The van der Waals surface area contributed by atoms with E-state index in [9.17, 15) is 4.79 Å². The van der Waals surface area contributed by atoms with E-state index in [0.717, 1.165) is 16.7 Å². The Kier molecular flexibility index (Phi) is 4.93. The second-order valence-corrected chi connectivity index (χ2v) is 5.73. The van der Waals surface area contributed by atoms with E-state index in [0.29, 0.717) is 10.7 Å². The average Bonchev–Trinajstić information content (AvgIpc) is 2.30. The van der Waals surface area contributed by atoms with Crippen molar-refractivity contribution in [1.29, 1.82) is 0 Å². The molecule has 0 aliphatic carbocycles. The van der Waals surface area contributed by atoms with E-state index in [1.807, 2.05) is 0 Å². The van der Waals surface area contributed by atoms with Gasteiger partial charge < -0.3 is 5.32 Å². The number of benzene rings is 1. The molecule has 0 aliphatic heterocycles. The summed E-state index contributed by atoms with van der Waals surface area (Å²) in [5.74, 6) is 0. The highest BCUT2D eigenvalue weighted by molar-refractivity contribution is 8.13. The lowest BCUT2D eigenvalue weighted by molar-refractivity contribution is 0.270. The van der Waals surface area contributed by atoms with Gasteiger partial charge in [0.15, 0.2) is 0 Å². The Morgan fingerprint density at radius 1 is 1.05 bits per heavy atom. The van der Waals surface area contributed by atoms with Crippen molar-refractivity contribution in [2.75, 3.05) is 5.32 Å². The lowest BCUT2D eigenvalue weighted by atomic mass is 10.4. The number of carbonyl (C=O) groups is 1. The molecule has 0 spiro atoms. The molecule has 0 unspecified atom stereocenters. The maximum Gasteiger partial charge on any atom is 0.288 e. The average molecular weight is 334 g/mol. The molecule has 0 aliphatic rings. The van der Waals surface area contributed by atoms with Crippen molar-refractivity contribution in [3.05, 3.63) is 51.7 Å². The maximum absolute atomic E-state index is 11.8. The predicted molar refractivity (Wildman–Crippen MR) is 80.6 cm³/mol. The first-order chi connectivity index (χ1) is 9.02. The zero-order valence-electron chi connectivity index (χ0n) is 9.36. The van der Waals surface area contributed by atoms with E-state index in [-0.39, 0.29) is 15.5 Å². The van der Waals surface area contributed by atoms with Gasteiger partial charge >= 0.3 is 0 Å². The van der Waals surface area contributed by atoms with Gasteiger partial charge in [0, 0.05) is 15.6 Å². The fraction of sp³-hybridized carbons (Fsp3) is 0. The monoisotopic (exact) mass is 332 g/mol. The number of anilines is 1. The van der Waals surface area contributed by atoms with Crippen LogP contribution < -0.4 is 5.32 Å². The zero-order chi connectivity index (χ0) is 13.8. The van der Waals surface area contributed by atoms with E-state index < -0.39 is 0 Å². The molecule has 3 nitrogen and oxygen atoms in total. The number of amides is 1. The Bertz CT molecular complexity index is 584. The fourth-order valence-electron chi connectivity index (χ4n) is 1.29. The summed E-state index contributed by atoms with van der Waals surface area (Å²) in [4.78, 5) is 16.4. The van der Waals surface area contributed by atoms with Gasteiger partial charge in [-0.1, -0.05) is 34.8 Å². The smallest absolute Gasteiger partial charge is 0.288 e. The second kappa shape index (κ2) is 6.48. The minimum absolute atomic E-state index is 0.222. The second-order valence-electron chi connectivity index (χ2n) is 3.47. The molecule has 2 rings (SSSR count). The Morgan fingerprint density at radius 3 is 2.21 bits per heavy atom. The van der Waals surface area contributed by atoms with Crippen LogP contribution in [0.3, 0.4) is 0 Å². The molecule has 0 saturated carbocycles. The maximum atomic E-state index is 11.8. The van der Waals surface area contributed by atoms with Crippen LogP contribution in [0, 0.1) is 0 Å². The molecular formula is C12H7Cl3N2OS. The van der Waals surface area contributed by atoms with Crippen molar-refractivity contribution in [3.8, 4) is 0 Å². The van der Waals surface area contributed by atoms with Crippen LogP contribution in [0.2, 0.25) is 15.3 Å². The number of rotatable bonds is 2. The number of nitrogens with zero attached hydrogens (tertiary/aromatic N) is 1. The number of carbonyl (C=O) groups excluding carboxylic acids is 1. The molecule has 0 atom stereocenters. The molecule has 1 N–H and O–H groups in total. The normalized spacial score (nSPS) is 10.3. The summed E-state index contributed by atoms with van der Waals surface area (Å²) in [6.45, 7) is 0. The van der Waals surface area contributed by atoms with Crippen LogP contribution in [-0.4, -0.2) is 10.2 Å². The largest absolute Gasteiger partial charge is 0.316 e. The van der Waals surface area contributed by atoms with Crippen LogP contribution in [-0.2, 0) is 0 Å². The number of aromatic nitrogens is 1. The molecule has 0 radical (unpaired) electrons. The summed E-state index contributed by atoms with van der Waals surface area (Å²) in [5, 5.41) is 3.49. The third-order valence-electron chi connectivity index (χ3n) is 2.03. The van der Waals surface area contributed by atoms with Gasteiger partial charge in [0.25, 0.3) is 5.24 Å². The quantitative estimate of drug-likeness (QED) is 0.593. The van der Waals surface area contributed by atoms with Gasteiger partial charge in [-0.05, 0) is 48.2 Å². The summed E-state index contributed by atoms with van der Waals surface area (Å²) in [7, 11) is 0. The van der Waals surface area contributed by atoms with E-state index in [1.54, 1.807) is 24.3 Å². The van der Waals surface area contributed by atoms with E-state index in [4.69, 9.17) is 34.8 Å². The predicted octanol–water partition coefficient (Wildman–Crippen LogP) is 5.37. The van der Waals surface area contributed by atoms with Gasteiger partial charge in [-0.25, -0.2) is 4.98 Å². The first-order valence-electron chi connectivity index (χ1n) is 5.10. The highest BCUT2D eigenvalue weighted by atomic mass is 35.5. The summed E-state index contributed by atoms with van der Waals surface area (Å²) in [5.41, 5.74) is 0.497. The lowest BCUT2D eigenvalue weighted by Gasteiger charge is -2.05. The number of hydrogen-bond acceptors (Lipinski definition) is 3. The van der Waals surface area contributed by atoms with Crippen LogP contribution in [0.4, 0.5) is 10.5 Å². The van der Waals surface area contributed by atoms with Crippen molar-refractivity contribution in [3.63, 3.8) is 0 Å². The van der Waals surface area contributed by atoms with Gasteiger partial charge in [-0.3, -0.25) is 4.79 Å². The number of pyridine rings is 1. The first kappa shape index (κ1) is 14.5. The van der Waals surface area contributed by atoms with Crippen molar-refractivity contribution in [2.45, 2.75) is 4.90 Å². The van der Waals surface area contributed by atoms with Crippen molar-refractivity contribution in [2.24, 2.45) is 0 Å². The molecule has 1 heterocycles. The summed E-state index contributed by atoms with van der Waals surface area (Å²) in [6, 6.07) is 10.0. The Labute approximate surface area is 129 Å². The van der Waals surface area contributed by atoms with Crippen LogP contribution in [0.15, 0.2) is 41.3 Å². The van der Waals surface area contributed by atoms with Crippen LogP contribution >= 0.6 is 46.6 Å². The molecule has 19 heavy (non-hydrogen) atoms. The van der Waals surface area contributed by atoms with Crippen LogP contribution in [0.5, 0.6) is 0 Å². The third-order valence-corrected chi connectivity index (χ3v) is 3.47. The summed E-state index contributed by atoms with van der Waals surface area (Å²) >= 11 is 18.3. The standard InChI is InChI=1S/C12H7Cl3N2OS/c13-7-1-3-9(4-2-7)19-12(18)16-8-5-10(14)17-11(15)6-8/h1-6H,(H,16,17,18). The van der Waals surface area contributed by atoms with Gasteiger partial charge in [-0.15, -0.1) is 0 Å². The first-order valence-corrected chi connectivity index (χ1v) is 7.05. The highest BCUT2D eigenvalue weighted by Gasteiger charge is 2.07. The summed E-state index contributed by atoms with van der Waals surface area (Å²) < 4.78 is 0. The molecular weight excluding hydrogens is 327 g/mol. The minimum atomic E-state index is -0.249. The van der Waals surface area contributed by atoms with E-state index >= 15 is 0 Å². The topological polar surface area (TPSA) is 42.0 Å². The molecule has 7 heteroatoms. The molecule has 0 bridgehead atoms. The Morgan fingerprint density at radius 2 is 1.63 bits per heavy atom. The fourth-order valence-corrected chi connectivity index (χ4v) is 2.53. The molecule has 1 aromatic heterocycles. The molecule has 98 valence electrons. The third kappa shape index (κ3) is 4.58. The Hall–Kier alpha value is -0.940. The van der Waals surface area contributed by atoms with E-state index in [2.05, 4.69) is 10.3 Å². The lowest BCUT2D eigenvalue weighted by Crippen LogP contribution is -2.04. The SMILES string of the molecule is O=C(Nc1cc(Cl)nc(Cl)c1)Sc1ccc(Cl)cc1. The minimum Gasteiger partial charge on any atom is -0.316 e. The molecule has 2 aromatic rings. The van der Waals surface area contributed by atoms with Crippen molar-refractivity contribution in [1.82, 2.24) is 4.98 Å². The summed E-state index contributed by atoms with van der Waals surface area (Å²) in [6.07, 6.45) is 0. The molecule has 0 saturated heterocycles. The molecule has 0 fully saturated rings. The number of thioether (sulfide) groups is 1. The highest BCUT2D eigenvalue weighted by Crippen LogP contribution is 2.24. The van der Waals surface area contributed by atoms with Crippen LogP contribution in [0.25, 0.3) is 0 Å². The molecule has 1 amide bonds. The van der Waals surface area contributed by atoms with Gasteiger partial charge in [0.2, 0.25) is 0 Å². The van der Waals surface area contributed by atoms with Gasteiger partial charge in [0.1, 0.15) is 10.3 Å². The van der Waals surface area contributed by atoms with Gasteiger partial charge in [-0.2, -0.15) is 0 Å². The molecule has 1 aromatic carbocycles. The van der Waals surface area contributed by atoms with Crippen molar-refractivity contribution < 1.29 is 4.79 Å². The van der Waals surface area contributed by atoms with Crippen molar-refractivity contribution >= 4 is 57.5 Å². The Balaban J connectivity index is 2.03. The number of nitrogens with one attached hydrogen (secondary N) is 1. The number of hydrogen-bond donors (Lipinski definition) is 1. The van der Waals surface area contributed by atoms with Gasteiger partial charge in [0.05, 0.1) is 0 Å².